The van der Waals surface area contributed by atoms with E-state index in [9.17, 15) is 14.7 Å². The quantitative estimate of drug-likeness (QED) is 0.518. The molecule has 1 aromatic rings. The van der Waals surface area contributed by atoms with E-state index in [0.29, 0.717) is 12.1 Å². The number of ether oxygens (including phenoxy) is 1. The molecule has 0 spiro atoms. The molecule has 0 radical (unpaired) electrons. The minimum absolute atomic E-state index is 0.0612. The van der Waals surface area contributed by atoms with Gasteiger partial charge in [0.2, 0.25) is 0 Å². The van der Waals surface area contributed by atoms with Crippen molar-refractivity contribution in [3.63, 3.8) is 0 Å². The number of benzene rings is 1. The predicted molar refractivity (Wildman–Crippen MR) is 116 cm³/mol. The first-order valence-electron chi connectivity index (χ1n) is 10.2. The zero-order chi connectivity index (χ0) is 22.9. The van der Waals surface area contributed by atoms with Gasteiger partial charge in [-0.2, -0.15) is 0 Å². The van der Waals surface area contributed by atoms with Gasteiger partial charge in [0.25, 0.3) is 0 Å². The minimum Gasteiger partial charge on any atom is -0.481 e. The third kappa shape index (κ3) is 6.06. The van der Waals surface area contributed by atoms with Gasteiger partial charge in [0.1, 0.15) is 5.60 Å². The average Bonchev–Trinajstić information content (AvgIpc) is 2.76. The van der Waals surface area contributed by atoms with Crippen molar-refractivity contribution < 1.29 is 28.7 Å². The zero-order valence-electron chi connectivity index (χ0n) is 19.3. The van der Waals surface area contributed by atoms with Crippen LogP contribution in [0.3, 0.4) is 0 Å². The minimum atomic E-state index is -0.906. The lowest BCUT2D eigenvalue weighted by atomic mass is 9.76. The third-order valence-electron chi connectivity index (χ3n) is 5.52. The van der Waals surface area contributed by atoms with Crippen molar-refractivity contribution in [1.29, 1.82) is 0 Å². The van der Waals surface area contributed by atoms with E-state index in [1.807, 2.05) is 67.5 Å². The van der Waals surface area contributed by atoms with Gasteiger partial charge in [0.15, 0.2) is 0 Å². The number of carboxylic acid groups (broad SMARTS) is 1. The Hall–Kier alpha value is -1.90. The van der Waals surface area contributed by atoms with Gasteiger partial charge in [-0.1, -0.05) is 12.1 Å². The SMILES string of the molecule is Cc1c(CNCC(=O)OC(C)(C)C)cc(B2OC(C)(C)C(C)(C)O2)cc1CC(=O)O. The number of aliphatic carboxylic acids is 1. The molecule has 30 heavy (non-hydrogen) atoms. The van der Waals surface area contributed by atoms with Crippen LogP contribution in [0.5, 0.6) is 0 Å². The van der Waals surface area contributed by atoms with E-state index in [4.69, 9.17) is 14.0 Å². The lowest BCUT2D eigenvalue weighted by Crippen LogP contribution is -2.41. The molecule has 1 aromatic carbocycles. The van der Waals surface area contributed by atoms with E-state index in [2.05, 4.69) is 5.32 Å². The second-order valence-corrected chi connectivity index (χ2v) is 9.81. The van der Waals surface area contributed by atoms with Gasteiger partial charge in [-0.15, -0.1) is 0 Å². The van der Waals surface area contributed by atoms with Crippen molar-refractivity contribution in [3.8, 4) is 0 Å². The van der Waals surface area contributed by atoms with E-state index >= 15 is 0 Å². The number of carboxylic acids is 1. The number of hydrogen-bond donors (Lipinski definition) is 2. The lowest BCUT2D eigenvalue weighted by molar-refractivity contribution is -0.153. The molecule has 0 saturated carbocycles. The molecule has 1 aliphatic rings. The van der Waals surface area contributed by atoms with Gasteiger partial charge in [-0.25, -0.2) is 0 Å². The molecule has 1 saturated heterocycles. The number of nitrogens with one attached hydrogen (secondary N) is 1. The monoisotopic (exact) mass is 419 g/mol. The summed E-state index contributed by atoms with van der Waals surface area (Å²) in [5.74, 6) is -1.25. The summed E-state index contributed by atoms with van der Waals surface area (Å²) >= 11 is 0. The van der Waals surface area contributed by atoms with Crippen molar-refractivity contribution in [2.45, 2.75) is 85.2 Å². The van der Waals surface area contributed by atoms with Crippen LogP contribution < -0.4 is 10.8 Å². The molecule has 1 aliphatic heterocycles. The Bertz CT molecular complexity index is 797. The molecule has 0 aliphatic carbocycles. The van der Waals surface area contributed by atoms with Crippen LogP contribution in [0.1, 0.15) is 65.2 Å². The van der Waals surface area contributed by atoms with Gasteiger partial charge in [-0.3, -0.25) is 9.59 Å². The molecule has 166 valence electrons. The fourth-order valence-electron chi connectivity index (χ4n) is 3.19. The highest BCUT2D eigenvalue weighted by atomic mass is 16.7. The van der Waals surface area contributed by atoms with Crippen molar-refractivity contribution in [2.75, 3.05) is 6.54 Å². The Morgan fingerprint density at radius 3 is 2.13 bits per heavy atom. The largest absolute Gasteiger partial charge is 0.494 e. The molecule has 0 amide bonds. The first-order chi connectivity index (χ1) is 13.6. The summed E-state index contributed by atoms with van der Waals surface area (Å²) in [5, 5.41) is 12.4. The Kier molecular flexibility index (Phi) is 7.06. The summed E-state index contributed by atoms with van der Waals surface area (Å²) in [7, 11) is -0.590. The highest BCUT2D eigenvalue weighted by Gasteiger charge is 2.51. The maximum absolute atomic E-state index is 12.0. The number of rotatable bonds is 7. The summed E-state index contributed by atoms with van der Waals surface area (Å²) < 4.78 is 17.6. The molecule has 1 heterocycles. The molecule has 0 aromatic heterocycles. The summed E-state index contributed by atoms with van der Waals surface area (Å²) in [6.07, 6.45) is -0.0990. The van der Waals surface area contributed by atoms with Crippen LogP contribution in [0.4, 0.5) is 0 Å². The molecule has 1 fully saturated rings. The summed E-state index contributed by atoms with van der Waals surface area (Å²) in [6.45, 7) is 15.7. The number of carbonyl (C=O) groups is 2. The number of carbonyl (C=O) groups excluding carboxylic acids is 1. The van der Waals surface area contributed by atoms with E-state index in [1.165, 1.54) is 0 Å². The van der Waals surface area contributed by atoms with Crippen LogP contribution in [0.2, 0.25) is 0 Å². The zero-order valence-corrected chi connectivity index (χ0v) is 19.3. The summed E-state index contributed by atoms with van der Waals surface area (Å²) in [6, 6.07) is 3.79. The predicted octanol–water partition coefficient (Wildman–Crippen LogP) is 2.35. The maximum Gasteiger partial charge on any atom is 0.494 e. The van der Waals surface area contributed by atoms with Gasteiger partial charge < -0.3 is 24.5 Å². The van der Waals surface area contributed by atoms with Gasteiger partial charge in [-0.05, 0) is 77.5 Å². The Balaban J connectivity index is 2.24. The van der Waals surface area contributed by atoms with Gasteiger partial charge >= 0.3 is 19.1 Å². The van der Waals surface area contributed by atoms with Crippen LogP contribution in [0, 0.1) is 6.92 Å². The summed E-state index contributed by atoms with van der Waals surface area (Å²) in [4.78, 5) is 23.3. The first-order valence-corrected chi connectivity index (χ1v) is 10.2. The molecule has 0 unspecified atom stereocenters. The Morgan fingerprint density at radius 2 is 1.63 bits per heavy atom. The molecule has 2 N–H and O–H groups in total. The smallest absolute Gasteiger partial charge is 0.481 e. The topological polar surface area (TPSA) is 94.1 Å². The molecule has 0 atom stereocenters. The van der Waals surface area contributed by atoms with Crippen LogP contribution in [-0.4, -0.2) is 47.5 Å². The molecule has 0 bridgehead atoms. The van der Waals surface area contributed by atoms with Crippen molar-refractivity contribution in [3.05, 3.63) is 28.8 Å². The third-order valence-corrected chi connectivity index (χ3v) is 5.52. The normalized spacial score (nSPS) is 17.8. The fraction of sp³-hybridized carbons (Fsp3) is 0.636. The van der Waals surface area contributed by atoms with Gasteiger partial charge in [0.05, 0.1) is 24.2 Å². The van der Waals surface area contributed by atoms with Crippen molar-refractivity contribution in [1.82, 2.24) is 5.32 Å². The van der Waals surface area contributed by atoms with Crippen molar-refractivity contribution >= 4 is 24.5 Å². The van der Waals surface area contributed by atoms with Crippen LogP contribution in [0.25, 0.3) is 0 Å². The molecule has 2 rings (SSSR count). The average molecular weight is 419 g/mol. The Labute approximate surface area is 179 Å². The lowest BCUT2D eigenvalue weighted by Gasteiger charge is -2.32. The van der Waals surface area contributed by atoms with E-state index < -0.39 is 29.9 Å². The maximum atomic E-state index is 12.0. The van der Waals surface area contributed by atoms with Crippen molar-refractivity contribution in [2.24, 2.45) is 0 Å². The highest BCUT2D eigenvalue weighted by Crippen LogP contribution is 2.36. The molecule has 8 heteroatoms. The Morgan fingerprint density at radius 1 is 1.10 bits per heavy atom. The number of hydrogen-bond acceptors (Lipinski definition) is 6. The second kappa shape index (κ2) is 8.69. The fourth-order valence-corrected chi connectivity index (χ4v) is 3.19. The van der Waals surface area contributed by atoms with E-state index in [-0.39, 0.29) is 18.9 Å². The summed E-state index contributed by atoms with van der Waals surface area (Å²) in [5.41, 5.74) is 1.69. The van der Waals surface area contributed by atoms with Crippen LogP contribution in [-0.2, 0) is 36.6 Å². The van der Waals surface area contributed by atoms with Gasteiger partial charge in [0, 0.05) is 6.54 Å². The second-order valence-electron chi connectivity index (χ2n) is 9.81. The van der Waals surface area contributed by atoms with E-state index in [1.54, 1.807) is 0 Å². The highest BCUT2D eigenvalue weighted by molar-refractivity contribution is 6.62. The molecule has 7 nitrogen and oxygen atoms in total. The first kappa shape index (κ1) is 24.4. The van der Waals surface area contributed by atoms with Crippen LogP contribution in [0.15, 0.2) is 12.1 Å². The van der Waals surface area contributed by atoms with Crippen LogP contribution >= 0.6 is 0 Å². The van der Waals surface area contributed by atoms with E-state index in [0.717, 1.165) is 16.6 Å². The number of esters is 1. The molecular weight excluding hydrogens is 385 g/mol. The standard InChI is InChI=1S/C22H34BNO6/c1-14-15(11-18(25)26)9-17(23-29-21(5,6)22(7,8)30-23)10-16(14)12-24-13-19(27)28-20(2,3)4/h9-10,24H,11-13H2,1-8H3,(H,25,26). The molecular formula is C22H34BNO6.